The van der Waals surface area contributed by atoms with Gasteiger partial charge in [0.1, 0.15) is 0 Å². The maximum Gasteiger partial charge on any atom is 0.307 e. The molecule has 0 aliphatic rings. The Morgan fingerprint density at radius 3 is 2.44 bits per heavy atom. The normalized spacial score (nSPS) is 12.2. The van der Waals surface area contributed by atoms with E-state index in [-0.39, 0.29) is 18.4 Å². The highest BCUT2D eigenvalue weighted by atomic mass is 16.5. The highest BCUT2D eigenvalue weighted by Crippen LogP contribution is 2.15. The van der Waals surface area contributed by atoms with Crippen molar-refractivity contribution >= 4 is 5.97 Å². The number of rotatable bonds is 5. The molecule has 1 atom stereocenters. The van der Waals surface area contributed by atoms with Crippen LogP contribution in [0.5, 0.6) is 0 Å². The lowest BCUT2D eigenvalue weighted by molar-refractivity contribution is -0.141. The van der Waals surface area contributed by atoms with Gasteiger partial charge in [0.25, 0.3) is 0 Å². The third-order valence-corrected chi connectivity index (χ3v) is 2.33. The van der Waals surface area contributed by atoms with Gasteiger partial charge in [0, 0.05) is 13.2 Å². The van der Waals surface area contributed by atoms with Gasteiger partial charge >= 0.3 is 5.97 Å². The number of hydrogen-bond donors (Lipinski definition) is 1. The molecular weight excluding hydrogens is 206 g/mol. The number of ether oxygens (including phenoxy) is 2. The third-order valence-electron chi connectivity index (χ3n) is 2.33. The van der Waals surface area contributed by atoms with Crippen LogP contribution in [0.3, 0.4) is 0 Å². The molecule has 0 amide bonds. The van der Waals surface area contributed by atoms with Gasteiger partial charge in [-0.25, -0.2) is 0 Å². The molecule has 0 bridgehead atoms. The smallest absolute Gasteiger partial charge is 0.307 e. The first-order valence-electron chi connectivity index (χ1n) is 5.07. The van der Waals surface area contributed by atoms with Gasteiger partial charge in [0.05, 0.1) is 20.1 Å². The standard InChI is InChI=1S/C12H17NO3/c1-15-8-9-3-5-10(6-4-9)11(13)7-12(14)16-2/h3-6,11H,7-8,13H2,1-2H3/t11-/m0/s1. The van der Waals surface area contributed by atoms with Crippen LogP contribution in [0.25, 0.3) is 0 Å². The van der Waals surface area contributed by atoms with Crippen molar-refractivity contribution in [3.63, 3.8) is 0 Å². The molecule has 4 heteroatoms. The van der Waals surface area contributed by atoms with Crippen LogP contribution in [0.4, 0.5) is 0 Å². The number of hydrogen-bond acceptors (Lipinski definition) is 4. The molecule has 0 aliphatic carbocycles. The van der Waals surface area contributed by atoms with Crippen LogP contribution in [0.1, 0.15) is 23.6 Å². The minimum atomic E-state index is -0.316. The summed E-state index contributed by atoms with van der Waals surface area (Å²) in [6, 6.07) is 7.37. The van der Waals surface area contributed by atoms with E-state index in [0.29, 0.717) is 6.61 Å². The second-order valence-electron chi connectivity index (χ2n) is 3.56. The molecule has 0 radical (unpaired) electrons. The summed E-state index contributed by atoms with van der Waals surface area (Å²) in [6.07, 6.45) is 0.195. The molecular formula is C12H17NO3. The summed E-state index contributed by atoms with van der Waals surface area (Å²) in [5.74, 6) is -0.298. The van der Waals surface area contributed by atoms with Gasteiger partial charge in [-0.05, 0) is 11.1 Å². The lowest BCUT2D eigenvalue weighted by Gasteiger charge is -2.11. The first-order valence-corrected chi connectivity index (χ1v) is 5.07. The number of methoxy groups -OCH3 is 2. The maximum absolute atomic E-state index is 11.0. The fourth-order valence-electron chi connectivity index (χ4n) is 1.41. The molecule has 0 aromatic heterocycles. The summed E-state index contributed by atoms with van der Waals surface area (Å²) in [5.41, 5.74) is 7.87. The van der Waals surface area contributed by atoms with Crippen LogP contribution in [-0.4, -0.2) is 20.2 Å². The number of esters is 1. The van der Waals surface area contributed by atoms with E-state index in [1.807, 2.05) is 24.3 Å². The molecule has 0 heterocycles. The van der Waals surface area contributed by atoms with Crippen molar-refractivity contribution in [3.8, 4) is 0 Å². The van der Waals surface area contributed by atoms with Gasteiger partial charge in [0.15, 0.2) is 0 Å². The van der Waals surface area contributed by atoms with Crippen molar-refractivity contribution < 1.29 is 14.3 Å². The van der Waals surface area contributed by atoms with Crippen LogP contribution in [0.2, 0.25) is 0 Å². The average Bonchev–Trinajstić information content (AvgIpc) is 2.30. The number of benzene rings is 1. The fraction of sp³-hybridized carbons (Fsp3) is 0.417. The summed E-state index contributed by atoms with van der Waals surface area (Å²) in [7, 11) is 3.01. The number of carbonyl (C=O) groups is 1. The molecule has 0 aliphatic heterocycles. The Labute approximate surface area is 95.3 Å². The van der Waals surface area contributed by atoms with E-state index in [9.17, 15) is 4.79 Å². The van der Waals surface area contributed by atoms with E-state index in [2.05, 4.69) is 4.74 Å². The summed E-state index contributed by atoms with van der Waals surface area (Å²) >= 11 is 0. The number of nitrogens with two attached hydrogens (primary N) is 1. The fourth-order valence-corrected chi connectivity index (χ4v) is 1.41. The Balaban J connectivity index is 2.62. The molecule has 1 aromatic rings. The molecule has 16 heavy (non-hydrogen) atoms. The lowest BCUT2D eigenvalue weighted by Crippen LogP contribution is -2.16. The second kappa shape index (κ2) is 6.25. The molecule has 0 fully saturated rings. The van der Waals surface area contributed by atoms with Crippen LogP contribution in [-0.2, 0) is 20.9 Å². The van der Waals surface area contributed by atoms with Crippen molar-refractivity contribution in [2.24, 2.45) is 5.73 Å². The van der Waals surface area contributed by atoms with Crippen molar-refractivity contribution in [1.29, 1.82) is 0 Å². The van der Waals surface area contributed by atoms with Gasteiger partial charge in [-0.2, -0.15) is 0 Å². The molecule has 0 saturated heterocycles. The van der Waals surface area contributed by atoms with Crippen LogP contribution < -0.4 is 5.73 Å². The minimum Gasteiger partial charge on any atom is -0.469 e. The van der Waals surface area contributed by atoms with E-state index in [0.717, 1.165) is 11.1 Å². The van der Waals surface area contributed by atoms with E-state index in [1.165, 1.54) is 7.11 Å². The Kier molecular flexibility index (Phi) is 4.95. The zero-order chi connectivity index (χ0) is 12.0. The Morgan fingerprint density at radius 2 is 1.94 bits per heavy atom. The maximum atomic E-state index is 11.0. The van der Waals surface area contributed by atoms with E-state index < -0.39 is 0 Å². The predicted octanol–water partition coefficient (Wildman–Crippen LogP) is 1.40. The molecule has 0 saturated carbocycles. The molecule has 1 aromatic carbocycles. The highest BCUT2D eigenvalue weighted by Gasteiger charge is 2.11. The summed E-state index contributed by atoms with van der Waals surface area (Å²) in [4.78, 5) is 11.0. The van der Waals surface area contributed by atoms with Crippen LogP contribution in [0.15, 0.2) is 24.3 Å². The summed E-state index contributed by atoms with van der Waals surface area (Å²) in [5, 5.41) is 0. The van der Waals surface area contributed by atoms with Gasteiger partial charge < -0.3 is 15.2 Å². The highest BCUT2D eigenvalue weighted by molar-refractivity contribution is 5.70. The van der Waals surface area contributed by atoms with E-state index >= 15 is 0 Å². The van der Waals surface area contributed by atoms with Crippen molar-refractivity contribution in [1.82, 2.24) is 0 Å². The summed E-state index contributed by atoms with van der Waals surface area (Å²) in [6.45, 7) is 0.576. The number of carbonyl (C=O) groups excluding carboxylic acids is 1. The van der Waals surface area contributed by atoms with E-state index in [4.69, 9.17) is 10.5 Å². The predicted molar refractivity (Wildman–Crippen MR) is 60.7 cm³/mol. The van der Waals surface area contributed by atoms with Gasteiger partial charge in [-0.15, -0.1) is 0 Å². The quantitative estimate of drug-likeness (QED) is 0.766. The van der Waals surface area contributed by atoms with Crippen LogP contribution in [0, 0.1) is 0 Å². The van der Waals surface area contributed by atoms with Gasteiger partial charge in [0.2, 0.25) is 0 Å². The van der Waals surface area contributed by atoms with E-state index in [1.54, 1.807) is 7.11 Å². The Morgan fingerprint density at radius 1 is 1.31 bits per heavy atom. The first-order chi connectivity index (χ1) is 7.67. The monoisotopic (exact) mass is 223 g/mol. The summed E-state index contributed by atoms with van der Waals surface area (Å²) < 4.78 is 9.57. The third kappa shape index (κ3) is 3.64. The molecule has 0 unspecified atom stereocenters. The SMILES string of the molecule is COCc1ccc([C@@H](N)CC(=O)OC)cc1. The van der Waals surface area contributed by atoms with Crippen molar-refractivity contribution in [2.45, 2.75) is 19.1 Å². The van der Waals surface area contributed by atoms with Gasteiger partial charge in [-0.3, -0.25) is 4.79 Å². The first kappa shape index (κ1) is 12.7. The Bertz CT molecular complexity index is 335. The largest absolute Gasteiger partial charge is 0.469 e. The molecule has 2 N–H and O–H groups in total. The van der Waals surface area contributed by atoms with Crippen molar-refractivity contribution in [2.75, 3.05) is 14.2 Å². The molecule has 1 rings (SSSR count). The lowest BCUT2D eigenvalue weighted by atomic mass is 10.0. The average molecular weight is 223 g/mol. The topological polar surface area (TPSA) is 61.5 Å². The zero-order valence-electron chi connectivity index (χ0n) is 9.60. The molecule has 4 nitrogen and oxygen atoms in total. The second-order valence-corrected chi connectivity index (χ2v) is 3.56. The molecule has 0 spiro atoms. The minimum absolute atomic E-state index is 0.195. The zero-order valence-corrected chi connectivity index (χ0v) is 9.60. The van der Waals surface area contributed by atoms with Crippen molar-refractivity contribution in [3.05, 3.63) is 35.4 Å². The van der Waals surface area contributed by atoms with Crippen LogP contribution >= 0.6 is 0 Å². The molecule has 88 valence electrons. The van der Waals surface area contributed by atoms with Gasteiger partial charge in [-0.1, -0.05) is 24.3 Å². The Hall–Kier alpha value is -1.39.